The second kappa shape index (κ2) is 8.80. The molecule has 1 aromatic heterocycles. The Morgan fingerprint density at radius 1 is 1.11 bits per heavy atom. The SMILES string of the molecule is O=C1CC(C(=O)CC23CCC(c4nnc(C5CC(OC(F)(F)F)C5)o4)(CC2)CC3)Oc2ccc(Cl)cc21. The van der Waals surface area contributed by atoms with Gasteiger partial charge in [0.2, 0.25) is 11.8 Å². The van der Waals surface area contributed by atoms with Crippen LogP contribution in [0.2, 0.25) is 5.02 Å². The summed E-state index contributed by atoms with van der Waals surface area (Å²) in [5, 5.41) is 8.89. The quantitative estimate of drug-likeness (QED) is 0.439. The number of rotatable bonds is 6. The lowest BCUT2D eigenvalue weighted by Crippen LogP contribution is -2.47. The van der Waals surface area contributed by atoms with Gasteiger partial charge in [0.1, 0.15) is 5.75 Å². The van der Waals surface area contributed by atoms with E-state index in [2.05, 4.69) is 14.9 Å². The van der Waals surface area contributed by atoms with Gasteiger partial charge in [-0.25, -0.2) is 0 Å². The van der Waals surface area contributed by atoms with Gasteiger partial charge in [0.05, 0.1) is 18.1 Å². The van der Waals surface area contributed by atoms with Crippen LogP contribution in [0.15, 0.2) is 22.6 Å². The van der Waals surface area contributed by atoms with Crippen molar-refractivity contribution < 1.29 is 36.7 Å². The fourth-order valence-corrected chi connectivity index (χ4v) is 6.65. The van der Waals surface area contributed by atoms with Crippen LogP contribution in [-0.2, 0) is 14.9 Å². The van der Waals surface area contributed by atoms with Gasteiger partial charge in [-0.15, -0.1) is 23.4 Å². The molecule has 37 heavy (non-hydrogen) atoms. The lowest BCUT2D eigenvalue weighted by atomic mass is 9.52. The molecule has 0 amide bonds. The van der Waals surface area contributed by atoms with E-state index in [4.69, 9.17) is 20.8 Å². The van der Waals surface area contributed by atoms with E-state index in [0.717, 1.165) is 38.5 Å². The molecule has 198 valence electrons. The maximum absolute atomic E-state index is 13.2. The van der Waals surface area contributed by atoms with Crippen LogP contribution in [0.5, 0.6) is 5.75 Å². The first-order valence-electron chi connectivity index (χ1n) is 12.6. The third kappa shape index (κ3) is 4.67. The average Bonchev–Trinajstić information content (AvgIpc) is 3.32. The molecule has 2 bridgehead atoms. The molecule has 1 aliphatic heterocycles. The average molecular weight is 539 g/mol. The Bertz CT molecular complexity index is 1210. The van der Waals surface area contributed by atoms with E-state index in [1.807, 2.05) is 0 Å². The summed E-state index contributed by atoms with van der Waals surface area (Å²) in [6.07, 6.45) is -0.582. The normalized spacial score (nSPS) is 33.0. The first-order valence-corrected chi connectivity index (χ1v) is 13.0. The number of halogens is 4. The van der Waals surface area contributed by atoms with Crippen LogP contribution in [0.25, 0.3) is 0 Å². The molecule has 1 aromatic carbocycles. The summed E-state index contributed by atoms with van der Waals surface area (Å²) < 4.78 is 53.1. The Kier molecular flexibility index (Phi) is 5.91. The minimum absolute atomic E-state index is 0.0208. The van der Waals surface area contributed by atoms with Gasteiger partial charge < -0.3 is 9.15 Å². The number of alkyl halides is 3. The van der Waals surface area contributed by atoms with Crippen molar-refractivity contribution in [1.82, 2.24) is 10.2 Å². The molecule has 1 atom stereocenters. The third-order valence-corrected chi connectivity index (χ3v) is 9.07. The number of benzene rings is 1. The van der Waals surface area contributed by atoms with E-state index in [1.54, 1.807) is 18.2 Å². The number of carbonyl (C=O) groups excluding carboxylic acids is 2. The number of hydrogen-bond acceptors (Lipinski definition) is 7. The summed E-state index contributed by atoms with van der Waals surface area (Å²) in [6.45, 7) is 0. The molecule has 2 heterocycles. The molecule has 1 unspecified atom stereocenters. The van der Waals surface area contributed by atoms with Gasteiger partial charge in [-0.3, -0.25) is 14.3 Å². The Labute approximate surface area is 216 Å². The molecule has 7 rings (SSSR count). The Balaban J connectivity index is 1.06. The number of ketones is 2. The Morgan fingerprint density at radius 3 is 2.49 bits per heavy atom. The van der Waals surface area contributed by atoms with Crippen LogP contribution in [-0.4, -0.2) is 40.3 Å². The Morgan fingerprint density at radius 2 is 1.81 bits per heavy atom. The molecule has 0 spiro atoms. The van der Waals surface area contributed by atoms with Crippen molar-refractivity contribution in [2.75, 3.05) is 0 Å². The van der Waals surface area contributed by atoms with Gasteiger partial charge in [0.25, 0.3) is 0 Å². The number of nitrogens with zero attached hydrogens (tertiary/aromatic N) is 2. The van der Waals surface area contributed by atoms with E-state index in [-0.39, 0.29) is 47.6 Å². The minimum atomic E-state index is -4.63. The Hall–Kier alpha value is -2.46. The number of Topliss-reactive ketones (excluding diaryl/α,β-unsaturated/α-hetero) is 2. The standard InChI is InChI=1S/C26H26ClF3N2O5/c27-15-1-2-20-17(11-15)18(33)12-21(35-20)19(34)13-24-3-6-25(7-4-24,8-5-24)23-32-31-22(36-23)14-9-16(10-14)37-26(28,29)30/h1-2,11,14,16,21H,3-10,12-13H2. The van der Waals surface area contributed by atoms with Crippen molar-refractivity contribution in [3.05, 3.63) is 40.6 Å². The number of hydrogen-bond donors (Lipinski definition) is 0. The molecular formula is C26H26ClF3N2O5. The second-order valence-corrected chi connectivity index (χ2v) is 11.5. The molecule has 4 fully saturated rings. The van der Waals surface area contributed by atoms with Gasteiger partial charge >= 0.3 is 6.36 Å². The predicted molar refractivity (Wildman–Crippen MR) is 123 cm³/mol. The topological polar surface area (TPSA) is 91.5 Å². The van der Waals surface area contributed by atoms with E-state index < -0.39 is 18.6 Å². The maximum atomic E-state index is 13.2. The molecule has 0 saturated heterocycles. The number of ether oxygens (including phenoxy) is 2. The molecule has 5 aliphatic rings. The van der Waals surface area contributed by atoms with Crippen molar-refractivity contribution >= 4 is 23.2 Å². The highest BCUT2D eigenvalue weighted by Gasteiger charge is 2.53. The minimum Gasteiger partial charge on any atom is -0.481 e. The summed E-state index contributed by atoms with van der Waals surface area (Å²) in [4.78, 5) is 25.8. The van der Waals surface area contributed by atoms with Crippen LogP contribution >= 0.6 is 11.6 Å². The molecule has 7 nitrogen and oxygen atoms in total. The van der Waals surface area contributed by atoms with E-state index in [9.17, 15) is 22.8 Å². The zero-order chi connectivity index (χ0) is 26.0. The van der Waals surface area contributed by atoms with Gasteiger partial charge in [-0.05, 0) is 75.0 Å². The van der Waals surface area contributed by atoms with Crippen molar-refractivity contribution in [3.63, 3.8) is 0 Å². The summed E-state index contributed by atoms with van der Waals surface area (Å²) in [5.41, 5.74) is 0.0286. The molecule has 2 aromatic rings. The second-order valence-electron chi connectivity index (χ2n) is 11.1. The number of aromatic nitrogens is 2. The zero-order valence-electron chi connectivity index (χ0n) is 20.0. The molecule has 0 radical (unpaired) electrons. The number of fused-ring (bicyclic) bond motifs is 4. The van der Waals surface area contributed by atoms with Crippen LogP contribution in [0, 0.1) is 5.41 Å². The summed E-state index contributed by atoms with van der Waals surface area (Å²) >= 11 is 5.99. The first-order chi connectivity index (χ1) is 17.5. The van der Waals surface area contributed by atoms with Crippen LogP contribution in [0.3, 0.4) is 0 Å². The van der Waals surface area contributed by atoms with Gasteiger partial charge in [0, 0.05) is 22.8 Å². The smallest absolute Gasteiger partial charge is 0.481 e. The molecule has 4 aliphatic carbocycles. The third-order valence-electron chi connectivity index (χ3n) is 8.83. The predicted octanol–water partition coefficient (Wildman–Crippen LogP) is 6.09. The van der Waals surface area contributed by atoms with Crippen LogP contribution in [0.4, 0.5) is 13.2 Å². The fourth-order valence-electron chi connectivity index (χ4n) is 6.47. The lowest BCUT2D eigenvalue weighted by Gasteiger charge is -2.52. The highest BCUT2D eigenvalue weighted by molar-refractivity contribution is 6.31. The van der Waals surface area contributed by atoms with Crippen molar-refractivity contribution in [2.45, 2.75) is 94.1 Å². The van der Waals surface area contributed by atoms with Crippen LogP contribution < -0.4 is 4.74 Å². The highest BCUT2D eigenvalue weighted by Crippen LogP contribution is 2.59. The molecule has 0 N–H and O–H groups in total. The summed E-state index contributed by atoms with van der Waals surface area (Å²) in [7, 11) is 0. The van der Waals surface area contributed by atoms with Gasteiger partial charge in [-0.1, -0.05) is 11.6 Å². The summed E-state index contributed by atoms with van der Waals surface area (Å²) in [5.74, 6) is 0.930. The molecule has 11 heteroatoms. The van der Waals surface area contributed by atoms with E-state index >= 15 is 0 Å². The maximum Gasteiger partial charge on any atom is 0.522 e. The van der Waals surface area contributed by atoms with Crippen LogP contribution in [0.1, 0.15) is 92.3 Å². The summed E-state index contributed by atoms with van der Waals surface area (Å²) in [6, 6.07) is 4.85. The number of carbonyl (C=O) groups is 2. The fraction of sp³-hybridized carbons (Fsp3) is 0.615. The van der Waals surface area contributed by atoms with E-state index in [1.165, 1.54) is 0 Å². The van der Waals surface area contributed by atoms with Gasteiger partial charge in [0.15, 0.2) is 17.7 Å². The first kappa shape index (κ1) is 24.9. The van der Waals surface area contributed by atoms with Crippen molar-refractivity contribution in [1.29, 1.82) is 0 Å². The monoisotopic (exact) mass is 538 g/mol. The van der Waals surface area contributed by atoms with Crippen molar-refractivity contribution in [3.8, 4) is 5.75 Å². The van der Waals surface area contributed by atoms with E-state index in [0.29, 0.717) is 34.5 Å². The molecule has 4 saturated carbocycles. The molecular weight excluding hydrogens is 513 g/mol. The van der Waals surface area contributed by atoms with Gasteiger partial charge in [-0.2, -0.15) is 0 Å². The largest absolute Gasteiger partial charge is 0.522 e. The highest BCUT2D eigenvalue weighted by atomic mass is 35.5. The van der Waals surface area contributed by atoms with Crippen molar-refractivity contribution in [2.24, 2.45) is 5.41 Å². The zero-order valence-corrected chi connectivity index (χ0v) is 20.7. The lowest BCUT2D eigenvalue weighted by molar-refractivity contribution is -0.352.